The van der Waals surface area contributed by atoms with Gasteiger partial charge in [-0.05, 0) is 26.3 Å². The van der Waals surface area contributed by atoms with Crippen molar-refractivity contribution >= 4 is 21.9 Å². The molecule has 0 amide bonds. The molecule has 0 aliphatic carbocycles. The van der Waals surface area contributed by atoms with Gasteiger partial charge in [0.15, 0.2) is 0 Å². The van der Waals surface area contributed by atoms with Crippen LogP contribution in [0.2, 0.25) is 0 Å². The number of ether oxygens (including phenoxy) is 1. The maximum atomic E-state index is 11.5. The summed E-state index contributed by atoms with van der Waals surface area (Å²) in [5, 5.41) is 0. The van der Waals surface area contributed by atoms with Crippen molar-refractivity contribution < 1.29 is 9.53 Å². The van der Waals surface area contributed by atoms with Crippen molar-refractivity contribution in [2.24, 2.45) is 0 Å². The molecule has 0 fully saturated rings. The van der Waals surface area contributed by atoms with Crippen LogP contribution in [-0.4, -0.2) is 5.97 Å². The van der Waals surface area contributed by atoms with E-state index in [0.29, 0.717) is 12.2 Å². The van der Waals surface area contributed by atoms with E-state index >= 15 is 0 Å². The molecule has 0 spiro atoms. The van der Waals surface area contributed by atoms with E-state index < -0.39 is 0 Å². The Morgan fingerprint density at radius 1 is 1.38 bits per heavy atom. The molecule has 0 aromatic heterocycles. The summed E-state index contributed by atoms with van der Waals surface area (Å²) in [5.74, 6) is 0.467. The summed E-state index contributed by atoms with van der Waals surface area (Å²) >= 11 is 3.58. The van der Waals surface area contributed by atoms with E-state index in [-0.39, 0.29) is 10.3 Å². The van der Waals surface area contributed by atoms with E-state index in [2.05, 4.69) is 15.9 Å². The number of benzene rings is 1. The van der Waals surface area contributed by atoms with Gasteiger partial charge in [0.1, 0.15) is 5.75 Å². The van der Waals surface area contributed by atoms with Crippen molar-refractivity contribution in [1.82, 2.24) is 0 Å². The fourth-order valence-electron chi connectivity index (χ4n) is 1.42. The molecule has 0 saturated heterocycles. The maximum absolute atomic E-state index is 11.5. The molecule has 0 saturated carbocycles. The Labute approximate surface area is 105 Å². The Morgan fingerprint density at radius 2 is 2.00 bits per heavy atom. The molecule has 0 N–H and O–H groups in total. The number of carbonyl (C=O) groups excluding carboxylic acids is 1. The summed E-state index contributed by atoms with van der Waals surface area (Å²) in [4.78, 5) is 11.5. The fourth-order valence-corrected chi connectivity index (χ4v) is 1.75. The van der Waals surface area contributed by atoms with Crippen molar-refractivity contribution in [3.63, 3.8) is 0 Å². The number of alkyl halides is 1. The second kappa shape index (κ2) is 5.48. The van der Waals surface area contributed by atoms with E-state index in [9.17, 15) is 4.79 Å². The van der Waals surface area contributed by atoms with Gasteiger partial charge in [-0.15, -0.1) is 0 Å². The van der Waals surface area contributed by atoms with Crippen LogP contribution in [0, 0.1) is 0 Å². The average Bonchev–Trinajstić information content (AvgIpc) is 2.17. The molecule has 1 aromatic carbocycles. The molecule has 0 bridgehead atoms. The third-order valence-electron chi connectivity index (χ3n) is 2.21. The lowest BCUT2D eigenvalue weighted by atomic mass is 10.0. The molecule has 2 nitrogen and oxygen atoms in total. The van der Waals surface area contributed by atoms with Crippen molar-refractivity contribution in [3.05, 3.63) is 29.8 Å². The second-order valence-corrected chi connectivity index (χ2v) is 6.18. The van der Waals surface area contributed by atoms with Crippen molar-refractivity contribution in [2.45, 2.75) is 37.9 Å². The smallest absolute Gasteiger partial charge is 0.311 e. The minimum absolute atomic E-state index is 0.174. The highest BCUT2D eigenvalue weighted by Gasteiger charge is 2.21. The summed E-state index contributed by atoms with van der Waals surface area (Å²) < 4.78 is 5.15. The number of esters is 1. The van der Waals surface area contributed by atoms with Crippen LogP contribution in [0.25, 0.3) is 0 Å². The number of rotatable bonds is 4. The maximum Gasteiger partial charge on any atom is 0.311 e. The Bertz CT molecular complexity index is 366. The number of halogens is 1. The van der Waals surface area contributed by atoms with Crippen LogP contribution in [0.1, 0.15) is 39.2 Å². The largest absolute Gasteiger partial charge is 0.426 e. The molecular formula is C13H17BrO2. The lowest BCUT2D eigenvalue weighted by Crippen LogP contribution is -2.13. The number of carbonyl (C=O) groups is 1. The first-order valence-corrected chi connectivity index (χ1v) is 6.23. The molecule has 0 heterocycles. The van der Waals surface area contributed by atoms with Crippen LogP contribution in [0.4, 0.5) is 0 Å². The van der Waals surface area contributed by atoms with E-state index in [1.807, 2.05) is 45.0 Å². The minimum Gasteiger partial charge on any atom is -0.426 e. The first-order chi connectivity index (χ1) is 7.45. The molecule has 0 radical (unpaired) electrons. The van der Waals surface area contributed by atoms with Crippen LogP contribution in [0.3, 0.4) is 0 Å². The molecule has 0 aliphatic rings. The fraction of sp³-hybridized carbons (Fsp3) is 0.462. The summed E-state index contributed by atoms with van der Waals surface area (Å²) in [6.07, 6.45) is 1.26. The van der Waals surface area contributed by atoms with Gasteiger partial charge >= 0.3 is 5.97 Å². The van der Waals surface area contributed by atoms with Gasteiger partial charge in [-0.1, -0.05) is 41.1 Å². The van der Waals surface area contributed by atoms with E-state index in [0.717, 1.165) is 12.0 Å². The van der Waals surface area contributed by atoms with Crippen LogP contribution in [0.15, 0.2) is 24.3 Å². The number of para-hydroxylation sites is 1. The van der Waals surface area contributed by atoms with E-state index in [1.165, 1.54) is 0 Å². The van der Waals surface area contributed by atoms with Gasteiger partial charge < -0.3 is 4.74 Å². The van der Waals surface area contributed by atoms with Crippen molar-refractivity contribution in [2.75, 3.05) is 0 Å². The molecule has 88 valence electrons. The summed E-state index contributed by atoms with van der Waals surface area (Å²) in [6, 6.07) is 7.60. The van der Waals surface area contributed by atoms with Gasteiger partial charge in [-0.2, -0.15) is 0 Å². The summed E-state index contributed by atoms with van der Waals surface area (Å²) in [7, 11) is 0. The predicted molar refractivity (Wildman–Crippen MR) is 68.9 cm³/mol. The highest BCUT2D eigenvalue weighted by atomic mass is 79.9. The summed E-state index contributed by atoms with van der Waals surface area (Å²) in [5.41, 5.74) is 0.986. The predicted octanol–water partition coefficient (Wildman–Crippen LogP) is 4.02. The van der Waals surface area contributed by atoms with Gasteiger partial charge in [0.05, 0.1) is 0 Å². The third kappa shape index (κ3) is 3.63. The monoisotopic (exact) mass is 284 g/mol. The standard InChI is InChI=1S/C13H17BrO2/c1-4-7-12(15)16-11-9-6-5-8-10(11)13(2,3)14/h5-6,8-9H,4,7H2,1-3H3. The normalized spacial score (nSPS) is 11.2. The first kappa shape index (κ1) is 13.2. The second-order valence-electron chi connectivity index (χ2n) is 4.19. The molecule has 1 aromatic rings. The van der Waals surface area contributed by atoms with Gasteiger partial charge in [-0.25, -0.2) is 0 Å². The number of hydrogen-bond donors (Lipinski definition) is 0. The zero-order valence-corrected chi connectivity index (χ0v) is 11.5. The van der Waals surface area contributed by atoms with Crippen LogP contribution < -0.4 is 4.74 Å². The minimum atomic E-state index is -0.198. The highest BCUT2D eigenvalue weighted by molar-refractivity contribution is 9.09. The Balaban J connectivity index is 2.92. The van der Waals surface area contributed by atoms with Crippen LogP contribution in [0.5, 0.6) is 5.75 Å². The van der Waals surface area contributed by atoms with Crippen LogP contribution in [-0.2, 0) is 9.12 Å². The van der Waals surface area contributed by atoms with Crippen molar-refractivity contribution in [3.8, 4) is 5.75 Å². The Kier molecular flexibility index (Phi) is 4.54. The quantitative estimate of drug-likeness (QED) is 0.474. The first-order valence-electron chi connectivity index (χ1n) is 5.44. The Hall–Kier alpha value is -0.830. The Morgan fingerprint density at radius 3 is 2.56 bits per heavy atom. The molecule has 0 aliphatic heterocycles. The SMILES string of the molecule is CCCC(=O)Oc1ccccc1C(C)(C)Br. The van der Waals surface area contributed by atoms with E-state index in [4.69, 9.17) is 4.74 Å². The lowest BCUT2D eigenvalue weighted by Gasteiger charge is -2.20. The zero-order valence-electron chi connectivity index (χ0n) is 9.92. The molecule has 0 unspecified atom stereocenters. The van der Waals surface area contributed by atoms with Gasteiger partial charge in [-0.3, -0.25) is 4.79 Å². The lowest BCUT2D eigenvalue weighted by molar-refractivity contribution is -0.134. The molecule has 16 heavy (non-hydrogen) atoms. The number of hydrogen-bond acceptors (Lipinski definition) is 2. The highest BCUT2D eigenvalue weighted by Crippen LogP contribution is 2.36. The topological polar surface area (TPSA) is 26.3 Å². The summed E-state index contributed by atoms with van der Waals surface area (Å²) in [6.45, 7) is 6.01. The zero-order chi connectivity index (χ0) is 12.2. The van der Waals surface area contributed by atoms with Gasteiger partial charge in [0.25, 0.3) is 0 Å². The van der Waals surface area contributed by atoms with E-state index in [1.54, 1.807) is 0 Å². The molecule has 3 heteroatoms. The molecular weight excluding hydrogens is 268 g/mol. The van der Waals surface area contributed by atoms with Gasteiger partial charge in [0.2, 0.25) is 0 Å². The molecule has 1 rings (SSSR count). The third-order valence-corrected chi connectivity index (χ3v) is 2.63. The van der Waals surface area contributed by atoms with Gasteiger partial charge in [0, 0.05) is 16.3 Å². The van der Waals surface area contributed by atoms with Crippen LogP contribution >= 0.6 is 15.9 Å². The molecule has 0 atom stereocenters. The average molecular weight is 285 g/mol. The van der Waals surface area contributed by atoms with Crippen molar-refractivity contribution in [1.29, 1.82) is 0 Å².